The molecule has 3 aromatic carbocycles. The number of carbonyl (C=O) groups is 2. The molecule has 9 nitrogen and oxygen atoms in total. The first-order chi connectivity index (χ1) is 19.1. The Hall–Kier alpha value is -4.05. The molecule has 0 saturated carbocycles. The molecule has 0 unspecified atom stereocenters. The summed E-state index contributed by atoms with van der Waals surface area (Å²) < 4.78 is 39.6. The van der Waals surface area contributed by atoms with Crippen LogP contribution >= 0.6 is 0 Å². The lowest BCUT2D eigenvalue weighted by Crippen LogP contribution is -2.53. The molecule has 0 aliphatic carbocycles. The number of rotatable bonds is 13. The monoisotopic (exact) mass is 567 g/mol. The molecular formula is C30H37N3O6S. The molecule has 2 amide bonds. The molecule has 0 saturated heterocycles. The molecule has 214 valence electrons. The van der Waals surface area contributed by atoms with Crippen molar-refractivity contribution in [2.45, 2.75) is 44.2 Å². The lowest BCUT2D eigenvalue weighted by molar-refractivity contribution is -0.139. The Balaban J connectivity index is 1.99. The second-order valence-electron chi connectivity index (χ2n) is 9.53. The molecule has 0 radical (unpaired) electrons. The maximum absolute atomic E-state index is 14.0. The minimum atomic E-state index is -4.22. The van der Waals surface area contributed by atoms with Gasteiger partial charge in [-0.15, -0.1) is 0 Å². The van der Waals surface area contributed by atoms with E-state index in [1.54, 1.807) is 37.3 Å². The van der Waals surface area contributed by atoms with Gasteiger partial charge in [0.05, 0.1) is 24.8 Å². The van der Waals surface area contributed by atoms with Crippen LogP contribution in [-0.2, 0) is 26.0 Å². The first kappa shape index (κ1) is 30.5. The fraction of sp³-hybridized carbons (Fsp3) is 0.333. The normalized spacial score (nSPS) is 11.9. The predicted molar refractivity (Wildman–Crippen MR) is 155 cm³/mol. The Morgan fingerprint density at radius 2 is 1.45 bits per heavy atom. The van der Waals surface area contributed by atoms with Crippen molar-refractivity contribution in [3.63, 3.8) is 0 Å². The van der Waals surface area contributed by atoms with Crippen molar-refractivity contribution in [3.05, 3.63) is 84.4 Å². The highest BCUT2D eigenvalue weighted by atomic mass is 32.2. The van der Waals surface area contributed by atoms with Gasteiger partial charge in [-0.2, -0.15) is 0 Å². The lowest BCUT2D eigenvalue weighted by Gasteiger charge is -2.32. The number of amides is 2. The predicted octanol–water partition coefficient (Wildman–Crippen LogP) is 3.88. The lowest BCUT2D eigenvalue weighted by atomic mass is 10.1. The quantitative estimate of drug-likeness (QED) is 0.336. The number of hydrogen-bond acceptors (Lipinski definition) is 6. The summed E-state index contributed by atoms with van der Waals surface area (Å²) in [4.78, 5) is 28.2. The molecule has 1 atom stereocenters. The van der Waals surface area contributed by atoms with Crippen LogP contribution in [0.3, 0.4) is 0 Å². The van der Waals surface area contributed by atoms with Crippen molar-refractivity contribution >= 4 is 27.5 Å². The van der Waals surface area contributed by atoms with E-state index < -0.39 is 28.5 Å². The molecule has 10 heteroatoms. The van der Waals surface area contributed by atoms with Crippen molar-refractivity contribution in [2.24, 2.45) is 0 Å². The third-order valence-corrected chi connectivity index (χ3v) is 8.12. The zero-order valence-corrected chi connectivity index (χ0v) is 24.4. The van der Waals surface area contributed by atoms with E-state index in [-0.39, 0.29) is 29.1 Å². The summed E-state index contributed by atoms with van der Waals surface area (Å²) in [5, 5.41) is 2.85. The van der Waals surface area contributed by atoms with E-state index in [0.29, 0.717) is 17.9 Å². The van der Waals surface area contributed by atoms with Crippen LogP contribution in [0, 0.1) is 0 Å². The molecule has 3 aromatic rings. The van der Waals surface area contributed by atoms with Gasteiger partial charge >= 0.3 is 0 Å². The van der Waals surface area contributed by atoms with Crippen LogP contribution in [0.5, 0.6) is 11.5 Å². The van der Waals surface area contributed by atoms with Crippen LogP contribution < -0.4 is 19.1 Å². The minimum absolute atomic E-state index is 0.0664. The summed E-state index contributed by atoms with van der Waals surface area (Å²) in [6.07, 6.45) is 0.500. The topological polar surface area (TPSA) is 105 Å². The Bertz CT molecular complexity index is 1380. The number of sulfonamides is 1. The van der Waals surface area contributed by atoms with Crippen molar-refractivity contribution in [1.82, 2.24) is 10.2 Å². The third kappa shape index (κ3) is 7.53. The summed E-state index contributed by atoms with van der Waals surface area (Å²) in [6.45, 7) is 5.06. The SMILES string of the molecule is COc1ccc(S(=O)(=O)N(CC(=O)N(CCc2ccccc2)[C@H](C)C(=O)NC(C)C)c2ccccc2)cc1OC. The molecule has 0 bridgehead atoms. The van der Waals surface area contributed by atoms with Gasteiger partial charge in [0.25, 0.3) is 10.0 Å². The molecule has 0 aliphatic heterocycles. The standard InChI is InChI=1S/C30H37N3O6S/c1-22(2)31-30(35)23(3)32(19-18-24-12-8-6-9-13-24)29(34)21-33(25-14-10-7-11-15-25)40(36,37)26-16-17-27(38-4)28(20-26)39-5/h6-17,20,22-23H,18-19,21H2,1-5H3,(H,31,35)/t23-/m1/s1. The van der Waals surface area contributed by atoms with Crippen molar-refractivity contribution in [2.75, 3.05) is 31.6 Å². The van der Waals surface area contributed by atoms with E-state index >= 15 is 0 Å². The van der Waals surface area contributed by atoms with E-state index in [1.807, 2.05) is 44.2 Å². The number of benzene rings is 3. The van der Waals surface area contributed by atoms with Crippen LogP contribution in [0.4, 0.5) is 5.69 Å². The van der Waals surface area contributed by atoms with Gasteiger partial charge in [0.1, 0.15) is 12.6 Å². The maximum atomic E-state index is 14.0. The second kappa shape index (κ2) is 13.8. The number of methoxy groups -OCH3 is 2. The maximum Gasteiger partial charge on any atom is 0.264 e. The van der Waals surface area contributed by atoms with Crippen molar-refractivity contribution in [3.8, 4) is 11.5 Å². The van der Waals surface area contributed by atoms with E-state index in [1.165, 1.54) is 37.3 Å². The molecular weight excluding hydrogens is 530 g/mol. The van der Waals surface area contributed by atoms with E-state index in [0.717, 1.165) is 9.87 Å². The summed E-state index contributed by atoms with van der Waals surface area (Å²) in [5.74, 6) is -0.201. The molecule has 3 rings (SSSR count). The molecule has 0 aliphatic rings. The molecule has 40 heavy (non-hydrogen) atoms. The van der Waals surface area contributed by atoms with Gasteiger partial charge in [0.15, 0.2) is 11.5 Å². The number of ether oxygens (including phenoxy) is 2. The van der Waals surface area contributed by atoms with Crippen molar-refractivity contribution in [1.29, 1.82) is 0 Å². The van der Waals surface area contributed by atoms with Gasteiger partial charge in [-0.25, -0.2) is 8.42 Å². The third-order valence-electron chi connectivity index (χ3n) is 6.35. The largest absolute Gasteiger partial charge is 0.493 e. The zero-order chi connectivity index (χ0) is 29.3. The Morgan fingerprint density at radius 1 is 0.850 bits per heavy atom. The van der Waals surface area contributed by atoms with Gasteiger partial charge in [0, 0.05) is 18.7 Å². The zero-order valence-electron chi connectivity index (χ0n) is 23.5. The van der Waals surface area contributed by atoms with Crippen LogP contribution in [0.2, 0.25) is 0 Å². The average molecular weight is 568 g/mol. The first-order valence-corrected chi connectivity index (χ1v) is 14.5. The average Bonchev–Trinajstić information content (AvgIpc) is 2.95. The van der Waals surface area contributed by atoms with Gasteiger partial charge in [0.2, 0.25) is 11.8 Å². The number of carbonyl (C=O) groups excluding carboxylic acids is 2. The number of para-hydroxylation sites is 1. The van der Waals surface area contributed by atoms with Gasteiger partial charge in [-0.1, -0.05) is 48.5 Å². The molecule has 0 aromatic heterocycles. The molecule has 1 N–H and O–H groups in total. The van der Waals surface area contributed by atoms with Gasteiger partial charge < -0.3 is 19.7 Å². The molecule has 0 fully saturated rings. The minimum Gasteiger partial charge on any atom is -0.493 e. The summed E-state index contributed by atoms with van der Waals surface area (Å²) in [7, 11) is -1.35. The highest BCUT2D eigenvalue weighted by Gasteiger charge is 2.33. The number of anilines is 1. The molecule has 0 spiro atoms. The van der Waals surface area contributed by atoms with Crippen LogP contribution in [0.15, 0.2) is 83.8 Å². The van der Waals surface area contributed by atoms with Crippen LogP contribution in [-0.4, -0.2) is 64.5 Å². The number of nitrogens with zero attached hydrogens (tertiary/aromatic N) is 2. The highest BCUT2D eigenvalue weighted by molar-refractivity contribution is 7.92. The first-order valence-electron chi connectivity index (χ1n) is 13.0. The van der Waals surface area contributed by atoms with E-state index in [2.05, 4.69) is 5.32 Å². The Labute approximate surface area is 236 Å². The van der Waals surface area contributed by atoms with Crippen LogP contribution in [0.1, 0.15) is 26.3 Å². The van der Waals surface area contributed by atoms with E-state index in [9.17, 15) is 18.0 Å². The van der Waals surface area contributed by atoms with Gasteiger partial charge in [-0.05, 0) is 57.0 Å². The van der Waals surface area contributed by atoms with Crippen molar-refractivity contribution < 1.29 is 27.5 Å². The fourth-order valence-corrected chi connectivity index (χ4v) is 5.63. The fourth-order valence-electron chi connectivity index (χ4n) is 4.20. The molecule has 0 heterocycles. The summed E-state index contributed by atoms with van der Waals surface area (Å²) >= 11 is 0. The number of nitrogens with one attached hydrogen (secondary N) is 1. The van der Waals surface area contributed by atoms with E-state index in [4.69, 9.17) is 9.47 Å². The summed E-state index contributed by atoms with van der Waals surface area (Å²) in [5.41, 5.74) is 1.31. The highest BCUT2D eigenvalue weighted by Crippen LogP contribution is 2.32. The number of hydrogen-bond donors (Lipinski definition) is 1. The van der Waals surface area contributed by atoms with Crippen LogP contribution in [0.25, 0.3) is 0 Å². The smallest absolute Gasteiger partial charge is 0.264 e. The Kier molecular flexibility index (Phi) is 10.6. The summed E-state index contributed by atoms with van der Waals surface area (Å²) in [6, 6.07) is 21.3. The Morgan fingerprint density at radius 3 is 2.02 bits per heavy atom. The van der Waals surface area contributed by atoms with Gasteiger partial charge in [-0.3, -0.25) is 13.9 Å². The second-order valence-corrected chi connectivity index (χ2v) is 11.4.